The molecule has 3 heteroatoms. The highest BCUT2D eigenvalue weighted by Gasteiger charge is 2.41. The number of hydrogen-bond acceptors (Lipinski definition) is 2. The normalized spacial score (nSPS) is 20.6. The van der Waals surface area contributed by atoms with Gasteiger partial charge in [0.15, 0.2) is 0 Å². The number of amidine groups is 1. The van der Waals surface area contributed by atoms with Crippen molar-refractivity contribution in [2.24, 2.45) is 10.4 Å². The summed E-state index contributed by atoms with van der Waals surface area (Å²) in [5.74, 6) is 1.14. The van der Waals surface area contributed by atoms with Crippen LogP contribution in [0.2, 0.25) is 0 Å². The van der Waals surface area contributed by atoms with E-state index in [4.69, 9.17) is 9.73 Å². The van der Waals surface area contributed by atoms with Crippen molar-refractivity contribution in [1.29, 1.82) is 0 Å². The van der Waals surface area contributed by atoms with Gasteiger partial charge >= 0.3 is 0 Å². The van der Waals surface area contributed by atoms with E-state index in [1.807, 2.05) is 0 Å². The lowest BCUT2D eigenvalue weighted by Gasteiger charge is -2.42. The van der Waals surface area contributed by atoms with Crippen molar-refractivity contribution in [3.8, 4) is 0 Å². The van der Waals surface area contributed by atoms with Gasteiger partial charge in [0.25, 0.3) is 0 Å². The van der Waals surface area contributed by atoms with Gasteiger partial charge in [0.1, 0.15) is 5.84 Å². The SMILES string of the molecule is Cc1cccc(CN=C2Nc3ccccc3CC23CCOCC3)c1. The number of anilines is 1. The molecule has 2 heterocycles. The first-order chi connectivity index (χ1) is 11.8. The summed E-state index contributed by atoms with van der Waals surface area (Å²) < 4.78 is 5.63. The van der Waals surface area contributed by atoms with E-state index in [1.165, 1.54) is 22.4 Å². The Morgan fingerprint density at radius 1 is 1.08 bits per heavy atom. The van der Waals surface area contributed by atoms with Crippen LogP contribution in [0.5, 0.6) is 0 Å². The van der Waals surface area contributed by atoms with E-state index in [-0.39, 0.29) is 5.41 Å². The first-order valence-corrected chi connectivity index (χ1v) is 8.78. The molecule has 0 radical (unpaired) electrons. The van der Waals surface area contributed by atoms with E-state index < -0.39 is 0 Å². The molecule has 24 heavy (non-hydrogen) atoms. The average molecular weight is 320 g/mol. The van der Waals surface area contributed by atoms with Gasteiger partial charge in [-0.25, -0.2) is 0 Å². The van der Waals surface area contributed by atoms with Crippen LogP contribution in [0.3, 0.4) is 0 Å². The lowest BCUT2D eigenvalue weighted by atomic mass is 9.71. The van der Waals surface area contributed by atoms with Crippen LogP contribution in [0.25, 0.3) is 0 Å². The summed E-state index contributed by atoms with van der Waals surface area (Å²) in [5.41, 5.74) is 5.27. The van der Waals surface area contributed by atoms with Gasteiger partial charge in [-0.2, -0.15) is 0 Å². The molecular formula is C21H24N2O. The first kappa shape index (κ1) is 15.4. The quantitative estimate of drug-likeness (QED) is 0.892. The van der Waals surface area contributed by atoms with Crippen molar-refractivity contribution in [1.82, 2.24) is 0 Å². The largest absolute Gasteiger partial charge is 0.381 e. The van der Waals surface area contributed by atoms with Crippen LogP contribution < -0.4 is 5.32 Å². The van der Waals surface area contributed by atoms with E-state index in [2.05, 4.69) is 60.8 Å². The molecule has 0 atom stereocenters. The van der Waals surface area contributed by atoms with E-state index >= 15 is 0 Å². The van der Waals surface area contributed by atoms with Crippen LogP contribution in [0, 0.1) is 12.3 Å². The molecule has 0 saturated carbocycles. The van der Waals surface area contributed by atoms with Crippen molar-refractivity contribution >= 4 is 11.5 Å². The molecule has 2 aliphatic rings. The molecule has 2 aromatic rings. The molecule has 1 spiro atoms. The Kier molecular flexibility index (Phi) is 4.11. The minimum atomic E-state index is 0.108. The van der Waals surface area contributed by atoms with Crippen molar-refractivity contribution in [2.75, 3.05) is 18.5 Å². The predicted molar refractivity (Wildman–Crippen MR) is 98.6 cm³/mol. The predicted octanol–water partition coefficient (Wildman–Crippen LogP) is 4.36. The maximum Gasteiger partial charge on any atom is 0.108 e. The second-order valence-corrected chi connectivity index (χ2v) is 7.01. The Bertz CT molecular complexity index is 760. The maximum atomic E-state index is 5.63. The molecule has 4 rings (SSSR count). The molecule has 3 nitrogen and oxygen atoms in total. The number of nitrogens with zero attached hydrogens (tertiary/aromatic N) is 1. The zero-order valence-corrected chi connectivity index (χ0v) is 14.2. The number of benzene rings is 2. The van der Waals surface area contributed by atoms with Crippen LogP contribution in [-0.2, 0) is 17.7 Å². The number of rotatable bonds is 2. The highest BCUT2D eigenvalue weighted by Crippen LogP contribution is 2.41. The monoisotopic (exact) mass is 320 g/mol. The fourth-order valence-corrected chi connectivity index (χ4v) is 3.87. The summed E-state index contributed by atoms with van der Waals surface area (Å²) in [6, 6.07) is 17.2. The zero-order valence-electron chi connectivity index (χ0n) is 14.2. The highest BCUT2D eigenvalue weighted by atomic mass is 16.5. The van der Waals surface area contributed by atoms with E-state index in [1.54, 1.807) is 0 Å². The number of para-hydroxylation sites is 1. The Labute approximate surface area is 143 Å². The molecule has 0 bridgehead atoms. The van der Waals surface area contributed by atoms with Crippen LogP contribution in [0.1, 0.15) is 29.5 Å². The smallest absolute Gasteiger partial charge is 0.108 e. The molecule has 1 N–H and O–H groups in total. The number of aryl methyl sites for hydroxylation is 1. The molecular weight excluding hydrogens is 296 g/mol. The van der Waals surface area contributed by atoms with Gasteiger partial charge in [-0.3, -0.25) is 4.99 Å². The van der Waals surface area contributed by atoms with Gasteiger partial charge in [0.05, 0.1) is 6.54 Å². The standard InChI is InChI=1S/C21H24N2O/c1-16-5-4-6-17(13-16)15-22-20-21(9-11-24-12-10-21)14-18-7-2-3-8-19(18)23-20/h2-8,13H,9-12,14-15H2,1H3,(H,22,23). The second kappa shape index (κ2) is 6.40. The van der Waals surface area contributed by atoms with Gasteiger partial charge in [0.2, 0.25) is 0 Å². The molecule has 2 aromatic carbocycles. The van der Waals surface area contributed by atoms with E-state index in [9.17, 15) is 0 Å². The molecule has 1 saturated heterocycles. The van der Waals surface area contributed by atoms with Crippen molar-refractivity contribution in [3.05, 3.63) is 65.2 Å². The number of ether oxygens (including phenoxy) is 1. The summed E-state index contributed by atoms with van der Waals surface area (Å²) in [4.78, 5) is 5.02. The minimum Gasteiger partial charge on any atom is -0.381 e. The third-order valence-electron chi connectivity index (χ3n) is 5.25. The molecule has 0 aromatic heterocycles. The van der Waals surface area contributed by atoms with Gasteiger partial charge < -0.3 is 10.1 Å². The maximum absolute atomic E-state index is 5.63. The molecule has 2 aliphatic heterocycles. The van der Waals surface area contributed by atoms with Crippen molar-refractivity contribution in [2.45, 2.75) is 32.7 Å². The highest BCUT2D eigenvalue weighted by molar-refractivity contribution is 6.02. The molecule has 0 unspecified atom stereocenters. The first-order valence-electron chi connectivity index (χ1n) is 8.78. The average Bonchev–Trinajstić information content (AvgIpc) is 2.61. The van der Waals surface area contributed by atoms with Crippen LogP contribution >= 0.6 is 0 Å². The second-order valence-electron chi connectivity index (χ2n) is 7.01. The van der Waals surface area contributed by atoms with E-state index in [0.717, 1.165) is 44.9 Å². The fourth-order valence-electron chi connectivity index (χ4n) is 3.87. The summed E-state index contributed by atoms with van der Waals surface area (Å²) in [7, 11) is 0. The lowest BCUT2D eigenvalue weighted by molar-refractivity contribution is 0.0448. The zero-order chi connectivity index (χ0) is 16.4. The molecule has 1 fully saturated rings. The number of aliphatic imine (C=N–C) groups is 1. The Morgan fingerprint density at radius 2 is 1.92 bits per heavy atom. The molecule has 0 amide bonds. The summed E-state index contributed by atoms with van der Waals surface area (Å²) in [6.07, 6.45) is 3.15. The Hall–Kier alpha value is -2.13. The summed E-state index contributed by atoms with van der Waals surface area (Å²) >= 11 is 0. The Balaban J connectivity index is 1.66. The van der Waals surface area contributed by atoms with Gasteiger partial charge in [-0.1, -0.05) is 48.0 Å². The van der Waals surface area contributed by atoms with Crippen LogP contribution in [-0.4, -0.2) is 19.0 Å². The lowest BCUT2D eigenvalue weighted by Crippen LogP contribution is -2.45. The third-order valence-corrected chi connectivity index (χ3v) is 5.25. The minimum absolute atomic E-state index is 0.108. The number of hydrogen-bond donors (Lipinski definition) is 1. The van der Waals surface area contributed by atoms with Crippen LogP contribution in [0.15, 0.2) is 53.5 Å². The number of nitrogens with one attached hydrogen (secondary N) is 1. The summed E-state index contributed by atoms with van der Waals surface area (Å²) in [6.45, 7) is 4.52. The molecule has 124 valence electrons. The topological polar surface area (TPSA) is 33.6 Å². The van der Waals surface area contributed by atoms with Crippen molar-refractivity contribution < 1.29 is 4.74 Å². The third kappa shape index (κ3) is 2.96. The van der Waals surface area contributed by atoms with Gasteiger partial charge in [-0.15, -0.1) is 0 Å². The van der Waals surface area contributed by atoms with Crippen molar-refractivity contribution in [3.63, 3.8) is 0 Å². The van der Waals surface area contributed by atoms with E-state index in [0.29, 0.717) is 0 Å². The molecule has 0 aliphatic carbocycles. The van der Waals surface area contributed by atoms with Gasteiger partial charge in [-0.05, 0) is 43.4 Å². The van der Waals surface area contributed by atoms with Crippen LogP contribution in [0.4, 0.5) is 5.69 Å². The fraction of sp³-hybridized carbons (Fsp3) is 0.381. The Morgan fingerprint density at radius 3 is 2.75 bits per heavy atom. The summed E-state index contributed by atoms with van der Waals surface area (Å²) in [5, 5.41) is 3.64. The van der Waals surface area contributed by atoms with Gasteiger partial charge in [0, 0.05) is 24.3 Å². The number of fused-ring (bicyclic) bond motifs is 1.